The Kier molecular flexibility index (Phi) is 8.11. The summed E-state index contributed by atoms with van der Waals surface area (Å²) in [5, 5.41) is 5.09. The smallest absolute Gasteiger partial charge is 0.256 e. The summed E-state index contributed by atoms with van der Waals surface area (Å²) in [6.45, 7) is 9.26. The van der Waals surface area contributed by atoms with Gasteiger partial charge in [0.25, 0.3) is 5.91 Å². The number of ether oxygens (including phenoxy) is 2. The molecule has 0 aliphatic rings. The molecule has 0 spiro atoms. The van der Waals surface area contributed by atoms with Crippen LogP contribution in [0.5, 0.6) is 5.75 Å². The summed E-state index contributed by atoms with van der Waals surface area (Å²) in [5.74, 6) is 0.758. The van der Waals surface area contributed by atoms with Crippen LogP contribution in [-0.2, 0) is 9.53 Å². The SMILES string of the molecule is CCCCCC(C)(OCC)C(=O)Nc1ccc(OCCC)c2ccccc12. The first-order valence-corrected chi connectivity index (χ1v) is 10.2. The molecule has 0 fully saturated rings. The fourth-order valence-corrected chi connectivity index (χ4v) is 3.25. The minimum Gasteiger partial charge on any atom is -0.493 e. The molecule has 0 radical (unpaired) electrons. The van der Waals surface area contributed by atoms with Crippen LogP contribution >= 0.6 is 0 Å². The van der Waals surface area contributed by atoms with Gasteiger partial charge in [0, 0.05) is 23.1 Å². The minimum absolute atomic E-state index is 0.0900. The number of benzene rings is 2. The van der Waals surface area contributed by atoms with Crippen LogP contribution in [0.25, 0.3) is 10.8 Å². The zero-order chi connectivity index (χ0) is 19.7. The Bertz CT molecular complexity index is 743. The molecule has 1 unspecified atom stereocenters. The average molecular weight is 372 g/mol. The summed E-state index contributed by atoms with van der Waals surface area (Å²) in [7, 11) is 0. The first-order valence-electron chi connectivity index (χ1n) is 10.2. The molecule has 0 saturated heterocycles. The fourth-order valence-electron chi connectivity index (χ4n) is 3.25. The zero-order valence-electron chi connectivity index (χ0n) is 17.1. The molecule has 1 atom stereocenters. The number of carbonyl (C=O) groups excluding carboxylic acids is 1. The van der Waals surface area contributed by atoms with Crippen molar-refractivity contribution in [3.8, 4) is 5.75 Å². The van der Waals surface area contributed by atoms with Gasteiger partial charge in [0.15, 0.2) is 0 Å². The van der Waals surface area contributed by atoms with Gasteiger partial charge in [-0.1, -0.05) is 57.4 Å². The highest BCUT2D eigenvalue weighted by Gasteiger charge is 2.33. The number of hydrogen-bond donors (Lipinski definition) is 1. The molecule has 0 aliphatic carbocycles. The third kappa shape index (κ3) is 5.46. The lowest BCUT2D eigenvalue weighted by atomic mass is 9.96. The monoisotopic (exact) mass is 371 g/mol. The number of anilines is 1. The number of unbranched alkanes of at least 4 members (excludes halogenated alkanes) is 2. The van der Waals surface area contributed by atoms with E-state index >= 15 is 0 Å². The Morgan fingerprint density at radius 2 is 1.74 bits per heavy atom. The van der Waals surface area contributed by atoms with Gasteiger partial charge in [-0.05, 0) is 38.8 Å². The van der Waals surface area contributed by atoms with Gasteiger partial charge < -0.3 is 14.8 Å². The number of hydrogen-bond acceptors (Lipinski definition) is 3. The third-order valence-electron chi connectivity index (χ3n) is 4.79. The van der Waals surface area contributed by atoms with Crippen LogP contribution in [-0.4, -0.2) is 24.7 Å². The molecule has 0 aromatic heterocycles. The molecule has 27 heavy (non-hydrogen) atoms. The maximum atomic E-state index is 13.1. The largest absolute Gasteiger partial charge is 0.493 e. The van der Waals surface area contributed by atoms with Crippen LogP contribution in [0, 0.1) is 0 Å². The van der Waals surface area contributed by atoms with E-state index in [4.69, 9.17) is 9.47 Å². The molecule has 0 heterocycles. The lowest BCUT2D eigenvalue weighted by molar-refractivity contribution is -0.139. The second-order valence-corrected chi connectivity index (χ2v) is 7.08. The Morgan fingerprint density at radius 1 is 1.00 bits per heavy atom. The number of nitrogens with one attached hydrogen (secondary N) is 1. The number of carbonyl (C=O) groups is 1. The summed E-state index contributed by atoms with van der Waals surface area (Å²) in [6.07, 6.45) is 4.87. The first-order chi connectivity index (χ1) is 13.1. The Morgan fingerprint density at radius 3 is 2.41 bits per heavy atom. The lowest BCUT2D eigenvalue weighted by Crippen LogP contribution is -2.42. The van der Waals surface area contributed by atoms with Gasteiger partial charge in [-0.15, -0.1) is 0 Å². The van der Waals surface area contributed by atoms with Gasteiger partial charge in [-0.25, -0.2) is 0 Å². The Labute approximate surface area is 163 Å². The highest BCUT2D eigenvalue weighted by Crippen LogP contribution is 2.33. The topological polar surface area (TPSA) is 47.6 Å². The summed E-state index contributed by atoms with van der Waals surface area (Å²) >= 11 is 0. The van der Waals surface area contributed by atoms with Crippen molar-refractivity contribution >= 4 is 22.4 Å². The normalized spacial score (nSPS) is 13.3. The quantitative estimate of drug-likeness (QED) is 0.497. The number of amides is 1. The predicted octanol–water partition coefficient (Wildman–Crippen LogP) is 5.94. The molecule has 2 aromatic carbocycles. The van der Waals surface area contributed by atoms with Crippen molar-refractivity contribution < 1.29 is 14.3 Å². The van der Waals surface area contributed by atoms with Crippen molar-refractivity contribution in [3.05, 3.63) is 36.4 Å². The molecule has 4 nitrogen and oxygen atoms in total. The van der Waals surface area contributed by atoms with Gasteiger partial charge in [-0.3, -0.25) is 4.79 Å². The molecule has 4 heteroatoms. The second kappa shape index (κ2) is 10.3. The molecule has 148 valence electrons. The van der Waals surface area contributed by atoms with Crippen molar-refractivity contribution in [1.82, 2.24) is 0 Å². The van der Waals surface area contributed by atoms with E-state index in [0.717, 1.165) is 54.3 Å². The van der Waals surface area contributed by atoms with E-state index in [-0.39, 0.29) is 5.91 Å². The summed E-state index contributed by atoms with van der Waals surface area (Å²) in [5.41, 5.74) is -0.0246. The van der Waals surface area contributed by atoms with E-state index in [1.165, 1.54) is 0 Å². The predicted molar refractivity (Wildman–Crippen MR) is 113 cm³/mol. The number of rotatable bonds is 11. The van der Waals surface area contributed by atoms with Crippen LogP contribution in [0.15, 0.2) is 36.4 Å². The van der Waals surface area contributed by atoms with Crippen molar-refractivity contribution in [3.63, 3.8) is 0 Å². The van der Waals surface area contributed by atoms with Crippen LogP contribution < -0.4 is 10.1 Å². The van der Waals surface area contributed by atoms with E-state index in [2.05, 4.69) is 19.2 Å². The van der Waals surface area contributed by atoms with Crippen molar-refractivity contribution in [2.75, 3.05) is 18.5 Å². The van der Waals surface area contributed by atoms with E-state index in [0.29, 0.717) is 13.2 Å². The standard InChI is InChI=1S/C23H33NO3/c1-5-8-11-16-23(4,27-7-3)22(25)24-20-14-15-21(26-17-6-2)19-13-10-9-12-18(19)20/h9-10,12-15H,5-8,11,16-17H2,1-4H3,(H,24,25). The number of fused-ring (bicyclic) bond motifs is 1. The van der Waals surface area contributed by atoms with Crippen LogP contribution in [0.1, 0.15) is 59.8 Å². The van der Waals surface area contributed by atoms with Gasteiger partial charge in [0.2, 0.25) is 0 Å². The summed E-state index contributed by atoms with van der Waals surface area (Å²) in [4.78, 5) is 13.1. The highest BCUT2D eigenvalue weighted by atomic mass is 16.5. The molecule has 1 amide bonds. The molecule has 1 N–H and O–H groups in total. The van der Waals surface area contributed by atoms with Crippen molar-refractivity contribution in [2.24, 2.45) is 0 Å². The Balaban J connectivity index is 2.27. The van der Waals surface area contributed by atoms with Crippen molar-refractivity contribution in [2.45, 2.75) is 65.4 Å². The lowest BCUT2D eigenvalue weighted by Gasteiger charge is -2.28. The van der Waals surface area contributed by atoms with E-state index < -0.39 is 5.60 Å². The van der Waals surface area contributed by atoms with Crippen LogP contribution in [0.3, 0.4) is 0 Å². The molecule has 2 rings (SSSR count). The van der Waals surface area contributed by atoms with Gasteiger partial charge in [0.1, 0.15) is 11.4 Å². The van der Waals surface area contributed by atoms with Gasteiger partial charge in [0.05, 0.1) is 6.61 Å². The average Bonchev–Trinajstić information content (AvgIpc) is 2.67. The molecule has 0 bridgehead atoms. The molecule has 0 aliphatic heterocycles. The fraction of sp³-hybridized carbons (Fsp3) is 0.522. The maximum Gasteiger partial charge on any atom is 0.256 e. The molecule has 2 aromatic rings. The van der Waals surface area contributed by atoms with Crippen LogP contribution in [0.4, 0.5) is 5.69 Å². The van der Waals surface area contributed by atoms with Gasteiger partial charge in [-0.2, -0.15) is 0 Å². The first kappa shape index (κ1) is 21.2. The Hall–Kier alpha value is -2.07. The zero-order valence-corrected chi connectivity index (χ0v) is 17.1. The van der Waals surface area contributed by atoms with Crippen molar-refractivity contribution in [1.29, 1.82) is 0 Å². The third-order valence-corrected chi connectivity index (χ3v) is 4.79. The van der Waals surface area contributed by atoms with Gasteiger partial charge >= 0.3 is 0 Å². The summed E-state index contributed by atoms with van der Waals surface area (Å²) < 4.78 is 11.7. The maximum absolute atomic E-state index is 13.1. The summed E-state index contributed by atoms with van der Waals surface area (Å²) in [6, 6.07) is 11.9. The minimum atomic E-state index is -0.817. The van der Waals surface area contributed by atoms with E-state index in [9.17, 15) is 4.79 Å². The highest BCUT2D eigenvalue weighted by molar-refractivity contribution is 6.06. The molecular formula is C23H33NO3. The van der Waals surface area contributed by atoms with E-state index in [1.807, 2.05) is 50.2 Å². The van der Waals surface area contributed by atoms with Crippen LogP contribution in [0.2, 0.25) is 0 Å². The second-order valence-electron chi connectivity index (χ2n) is 7.08. The molecular weight excluding hydrogens is 338 g/mol. The molecule has 0 saturated carbocycles. The van der Waals surface area contributed by atoms with E-state index in [1.54, 1.807) is 0 Å².